The van der Waals surface area contributed by atoms with Gasteiger partial charge in [-0.15, -0.1) is 0 Å². The second-order valence-electron chi connectivity index (χ2n) is 10.6. The van der Waals surface area contributed by atoms with E-state index in [0.29, 0.717) is 0 Å². The highest BCUT2D eigenvalue weighted by Gasteiger charge is 2.55. The van der Waals surface area contributed by atoms with E-state index in [1.165, 1.54) is 0 Å². The Bertz CT molecular complexity index is 1260. The zero-order valence-electron chi connectivity index (χ0n) is 29.0. The number of hydrogen-bond acceptors (Lipinski definition) is 20. The minimum atomic E-state index is -1.97. The van der Waals surface area contributed by atoms with Gasteiger partial charge in [-0.05, 0) is 0 Å². The van der Waals surface area contributed by atoms with Crippen molar-refractivity contribution in [3.8, 4) is 0 Å². The van der Waals surface area contributed by atoms with E-state index in [1.54, 1.807) is 0 Å². The lowest BCUT2D eigenvalue weighted by Crippen LogP contribution is -2.65. The van der Waals surface area contributed by atoms with Crippen LogP contribution < -0.4 is 0 Å². The predicted octanol–water partition coefficient (Wildman–Crippen LogP) is -0.624. The highest BCUT2D eigenvalue weighted by molar-refractivity contribution is 5.70. The monoisotopic (exact) mass is 722 g/mol. The molecule has 0 amide bonds. The molecule has 0 N–H and O–H groups in total. The van der Waals surface area contributed by atoms with Crippen molar-refractivity contribution in [2.45, 2.75) is 117 Å². The van der Waals surface area contributed by atoms with Gasteiger partial charge in [0, 0.05) is 62.3 Å². The first-order chi connectivity index (χ1) is 23.2. The van der Waals surface area contributed by atoms with Crippen molar-refractivity contribution >= 4 is 53.7 Å². The van der Waals surface area contributed by atoms with Gasteiger partial charge in [-0.2, -0.15) is 0 Å². The molecule has 1 aliphatic heterocycles. The maximum Gasteiger partial charge on any atom is 0.303 e. The largest absolute Gasteiger partial charge is 0.463 e. The van der Waals surface area contributed by atoms with Gasteiger partial charge in [0.05, 0.1) is 0 Å². The van der Waals surface area contributed by atoms with Crippen molar-refractivity contribution in [1.29, 1.82) is 0 Å². The summed E-state index contributed by atoms with van der Waals surface area (Å²) in [5.74, 6) is -8.38. The Kier molecular flexibility index (Phi) is 17.8. The Balaban J connectivity index is 4.07. The number of esters is 9. The Labute approximate surface area is 286 Å². The summed E-state index contributed by atoms with van der Waals surface area (Å²) in [4.78, 5) is 109. The third-order valence-electron chi connectivity index (χ3n) is 6.13. The van der Waals surface area contributed by atoms with Crippen molar-refractivity contribution in [3.05, 3.63) is 0 Å². The molecule has 0 spiro atoms. The van der Waals surface area contributed by atoms with Crippen LogP contribution in [-0.4, -0.2) is 129 Å². The number of ether oxygens (including phenoxy) is 11. The molecule has 0 aliphatic carbocycles. The molecule has 0 bridgehead atoms. The lowest BCUT2D eigenvalue weighted by molar-refractivity contribution is -0.331. The molecule has 20 nitrogen and oxygen atoms in total. The van der Waals surface area contributed by atoms with Gasteiger partial charge in [0.15, 0.2) is 42.9 Å². The fourth-order valence-electron chi connectivity index (χ4n) is 4.59. The zero-order valence-corrected chi connectivity index (χ0v) is 29.0. The Morgan fingerprint density at radius 1 is 0.460 bits per heavy atom. The molecule has 0 radical (unpaired) electrons. The Morgan fingerprint density at radius 2 is 0.860 bits per heavy atom. The normalized spacial score (nSPS) is 22.1. The van der Waals surface area contributed by atoms with Gasteiger partial charge < -0.3 is 52.1 Å². The quantitative estimate of drug-likeness (QED) is 0.134. The molecule has 0 aromatic carbocycles. The summed E-state index contributed by atoms with van der Waals surface area (Å²) in [5.41, 5.74) is 0. The number of hydrogen-bond donors (Lipinski definition) is 0. The van der Waals surface area contributed by atoms with Crippen molar-refractivity contribution in [1.82, 2.24) is 0 Å². The number of rotatable bonds is 17. The van der Waals surface area contributed by atoms with Crippen LogP contribution in [0, 0.1) is 0 Å². The third kappa shape index (κ3) is 15.6. The Hall–Kier alpha value is -4.85. The summed E-state index contributed by atoms with van der Waals surface area (Å²) in [6.45, 7) is 6.74. The molecule has 0 saturated carbocycles. The molecule has 9 atom stereocenters. The second kappa shape index (κ2) is 20.6. The molecule has 1 aliphatic rings. The van der Waals surface area contributed by atoms with E-state index in [9.17, 15) is 43.2 Å². The SMILES string of the molecule is CC(=O)OC[C@@H](OC(C)=O)[C@H](O[C@@H]1O[C@H](COC(C)=O)[C@@H](OC(C)=O)[C@H](OC(C)=O)[C@@H]1OC(C)=O)[C@H](OC(C)=O)[C@@H](COC(C)=O)OC(C)=O. The van der Waals surface area contributed by atoms with Crippen LogP contribution in [0.3, 0.4) is 0 Å². The third-order valence-corrected chi connectivity index (χ3v) is 6.13. The maximum absolute atomic E-state index is 12.4. The first-order valence-electron chi connectivity index (χ1n) is 15.0. The minimum Gasteiger partial charge on any atom is -0.463 e. The lowest BCUT2D eigenvalue weighted by Gasteiger charge is -2.46. The fourth-order valence-corrected chi connectivity index (χ4v) is 4.59. The van der Waals surface area contributed by atoms with Gasteiger partial charge in [-0.3, -0.25) is 43.2 Å². The smallest absolute Gasteiger partial charge is 0.303 e. The summed E-state index contributed by atoms with van der Waals surface area (Å²) in [6.07, 6.45) is -15.9. The second-order valence-corrected chi connectivity index (χ2v) is 10.6. The number of carbonyl (C=O) groups is 9. The molecule has 0 aromatic rings. The van der Waals surface area contributed by atoms with E-state index in [4.69, 9.17) is 52.1 Å². The summed E-state index contributed by atoms with van der Waals surface area (Å²) in [7, 11) is 0. The zero-order chi connectivity index (χ0) is 38.3. The van der Waals surface area contributed by atoms with Crippen LogP contribution in [0.5, 0.6) is 0 Å². The standard InChI is InChI=1S/C30H42O20/c1-13(31)40-10-22(43-16(4)34)25(45-18(6)36)26(23(44-17(5)35)11-41-14(2)32)50-30-29(48-21(9)39)28(47-20(8)38)27(46-19(7)37)24(49-30)12-42-15(3)33/h22-30H,10-12H2,1-9H3/t22-,23-,24-,25-,26+,27-,28+,29+,30+/m1/s1. The molecular weight excluding hydrogens is 680 g/mol. The topological polar surface area (TPSA) is 255 Å². The molecular formula is C30H42O20. The van der Waals surface area contributed by atoms with Crippen LogP contribution in [0.2, 0.25) is 0 Å². The molecule has 1 fully saturated rings. The first kappa shape index (κ1) is 43.2. The van der Waals surface area contributed by atoms with E-state index in [0.717, 1.165) is 62.3 Å². The van der Waals surface area contributed by atoms with Crippen LogP contribution in [0.15, 0.2) is 0 Å². The van der Waals surface area contributed by atoms with Crippen LogP contribution in [0.1, 0.15) is 62.3 Å². The van der Waals surface area contributed by atoms with Crippen molar-refractivity contribution in [3.63, 3.8) is 0 Å². The number of carbonyl (C=O) groups excluding carboxylic acids is 9. The summed E-state index contributed by atoms with van der Waals surface area (Å²) in [5, 5.41) is 0. The molecule has 1 rings (SSSR count). The molecule has 20 heteroatoms. The van der Waals surface area contributed by atoms with Gasteiger partial charge in [0.2, 0.25) is 0 Å². The highest BCUT2D eigenvalue weighted by atomic mass is 16.8. The van der Waals surface area contributed by atoms with Crippen molar-refractivity contribution in [2.24, 2.45) is 0 Å². The van der Waals surface area contributed by atoms with Crippen LogP contribution in [0.25, 0.3) is 0 Å². The van der Waals surface area contributed by atoms with Crippen molar-refractivity contribution < 1.29 is 95.3 Å². The average Bonchev–Trinajstić information content (AvgIpc) is 2.95. The molecule has 1 saturated heterocycles. The average molecular weight is 723 g/mol. The van der Waals surface area contributed by atoms with E-state index in [2.05, 4.69) is 0 Å². The summed E-state index contributed by atoms with van der Waals surface area (Å²) < 4.78 is 59.5. The fraction of sp³-hybridized carbons (Fsp3) is 0.700. The van der Waals surface area contributed by atoms with E-state index >= 15 is 0 Å². The first-order valence-corrected chi connectivity index (χ1v) is 15.0. The van der Waals surface area contributed by atoms with Gasteiger partial charge in [-0.25, -0.2) is 0 Å². The van der Waals surface area contributed by atoms with Gasteiger partial charge in [-0.1, -0.05) is 0 Å². The van der Waals surface area contributed by atoms with Gasteiger partial charge in [0.25, 0.3) is 0 Å². The van der Waals surface area contributed by atoms with Gasteiger partial charge in [0.1, 0.15) is 32.0 Å². The van der Waals surface area contributed by atoms with Crippen molar-refractivity contribution in [2.75, 3.05) is 19.8 Å². The summed E-state index contributed by atoms with van der Waals surface area (Å²) in [6, 6.07) is 0. The van der Waals surface area contributed by atoms with Crippen LogP contribution in [0.4, 0.5) is 0 Å². The van der Waals surface area contributed by atoms with Gasteiger partial charge >= 0.3 is 53.7 Å². The summed E-state index contributed by atoms with van der Waals surface area (Å²) >= 11 is 0. The maximum atomic E-state index is 12.4. The highest BCUT2D eigenvalue weighted by Crippen LogP contribution is 2.33. The van der Waals surface area contributed by atoms with E-state index in [1.807, 2.05) is 0 Å². The predicted molar refractivity (Wildman–Crippen MR) is 157 cm³/mol. The molecule has 282 valence electrons. The molecule has 50 heavy (non-hydrogen) atoms. The van der Waals surface area contributed by atoms with Crippen LogP contribution >= 0.6 is 0 Å². The molecule has 0 unspecified atom stereocenters. The van der Waals surface area contributed by atoms with Crippen LogP contribution in [-0.2, 0) is 95.3 Å². The van der Waals surface area contributed by atoms with E-state index < -0.39 is 129 Å². The van der Waals surface area contributed by atoms with E-state index in [-0.39, 0.29) is 0 Å². The minimum absolute atomic E-state index is 0.654. The lowest BCUT2D eigenvalue weighted by atomic mass is 9.97. The Morgan fingerprint density at radius 3 is 1.26 bits per heavy atom. The molecule has 0 aromatic heterocycles. The molecule has 1 heterocycles.